The topological polar surface area (TPSA) is 47.6 Å². The molecule has 0 aromatic heterocycles. The highest BCUT2D eigenvalue weighted by Crippen LogP contribution is 1.70. The number of hydrogen-bond acceptors (Lipinski definition) is 2. The van der Waals surface area contributed by atoms with Crippen molar-refractivity contribution in [3.63, 3.8) is 0 Å². The van der Waals surface area contributed by atoms with Gasteiger partial charge in [0.05, 0.1) is 0 Å². The molecule has 0 unspecified atom stereocenters. The third kappa shape index (κ3) is 5.01. The molecule has 0 aromatic rings. The van der Waals surface area contributed by atoms with Crippen molar-refractivity contribution in [1.82, 2.24) is 0 Å². The lowest BCUT2D eigenvalue weighted by atomic mass is 10.7. The van der Waals surface area contributed by atoms with Crippen molar-refractivity contribution in [3.05, 3.63) is 12.7 Å². The van der Waals surface area contributed by atoms with E-state index in [1.807, 2.05) is 0 Å². The van der Waals surface area contributed by atoms with Gasteiger partial charge in [-0.15, -0.1) is 0 Å². The largest absolute Gasteiger partial charge is 0.390 e. The van der Waals surface area contributed by atoms with Crippen molar-refractivity contribution >= 4 is 6.34 Å². The van der Waals surface area contributed by atoms with Crippen LogP contribution < -0.4 is 5.73 Å². The molecule has 0 rings (SSSR count). The van der Waals surface area contributed by atoms with Crippen LogP contribution in [0.4, 0.5) is 0 Å². The summed E-state index contributed by atoms with van der Waals surface area (Å²) < 4.78 is 0. The average molecular weight is 100 g/mol. The van der Waals surface area contributed by atoms with Gasteiger partial charge in [-0.05, 0) is 0 Å². The minimum atomic E-state index is 0.410. The van der Waals surface area contributed by atoms with E-state index in [-0.39, 0.29) is 0 Å². The summed E-state index contributed by atoms with van der Waals surface area (Å²) in [5, 5.41) is 3.24. The first kappa shape index (κ1) is 6.01. The van der Waals surface area contributed by atoms with Crippen LogP contribution in [0.5, 0.6) is 0 Å². The van der Waals surface area contributed by atoms with Gasteiger partial charge in [-0.1, -0.05) is 17.8 Å². The normalized spacial score (nSPS) is 9.14. The maximum absolute atomic E-state index is 4.82. The van der Waals surface area contributed by atoms with Crippen LogP contribution in [0.3, 0.4) is 0 Å². The lowest BCUT2D eigenvalue weighted by Gasteiger charge is -1.86. The number of nitrogens with two attached hydrogens (primary N) is 1. The standard InChI is InChI=1S/C4H8N2O/c1-2-3-7-6-4-5/h2,4H,1,3H2,(H2,5,6). The lowest BCUT2D eigenvalue weighted by Crippen LogP contribution is -1.90. The van der Waals surface area contributed by atoms with E-state index in [1.165, 1.54) is 0 Å². The fraction of sp³-hybridized carbons (Fsp3) is 0.250. The molecule has 0 spiro atoms. The molecule has 3 heteroatoms. The zero-order valence-electron chi connectivity index (χ0n) is 4.00. The second-order valence-electron chi connectivity index (χ2n) is 0.839. The van der Waals surface area contributed by atoms with E-state index in [0.29, 0.717) is 6.61 Å². The number of hydrogen-bond donors (Lipinski definition) is 1. The van der Waals surface area contributed by atoms with Crippen molar-refractivity contribution in [3.8, 4) is 0 Å². The summed E-state index contributed by atoms with van der Waals surface area (Å²) in [5.41, 5.74) is 4.82. The maximum Gasteiger partial charge on any atom is 0.135 e. The van der Waals surface area contributed by atoms with Gasteiger partial charge in [-0.2, -0.15) is 0 Å². The Morgan fingerprint density at radius 2 is 2.57 bits per heavy atom. The molecule has 0 saturated heterocycles. The molecule has 40 valence electrons. The fourth-order valence-corrected chi connectivity index (χ4v) is 0.139. The van der Waals surface area contributed by atoms with Gasteiger partial charge in [0.25, 0.3) is 0 Å². The van der Waals surface area contributed by atoms with Crippen LogP contribution in [-0.4, -0.2) is 12.9 Å². The maximum atomic E-state index is 4.82. The first-order valence-electron chi connectivity index (χ1n) is 1.88. The van der Waals surface area contributed by atoms with Crippen molar-refractivity contribution in [2.24, 2.45) is 10.9 Å². The minimum Gasteiger partial charge on any atom is -0.390 e. The van der Waals surface area contributed by atoms with Crippen LogP contribution in [0.25, 0.3) is 0 Å². The Bertz CT molecular complexity index is 70.1. The third-order valence-corrected chi connectivity index (χ3v) is 0.328. The Hall–Kier alpha value is -0.990. The molecule has 7 heavy (non-hydrogen) atoms. The molecule has 0 fully saturated rings. The number of rotatable bonds is 3. The monoisotopic (exact) mass is 100 g/mol. The molecular weight excluding hydrogens is 92.1 g/mol. The zero-order chi connectivity index (χ0) is 5.54. The van der Waals surface area contributed by atoms with Gasteiger partial charge >= 0.3 is 0 Å². The molecule has 0 aliphatic rings. The Kier molecular flexibility index (Phi) is 4.30. The molecule has 0 amide bonds. The third-order valence-electron chi connectivity index (χ3n) is 0.328. The Morgan fingerprint density at radius 1 is 1.86 bits per heavy atom. The highest BCUT2D eigenvalue weighted by Gasteiger charge is 1.65. The van der Waals surface area contributed by atoms with Crippen molar-refractivity contribution in [1.29, 1.82) is 0 Å². The smallest absolute Gasteiger partial charge is 0.135 e. The number of oxime groups is 1. The quantitative estimate of drug-likeness (QED) is 0.180. The summed E-state index contributed by atoms with van der Waals surface area (Å²) in [4.78, 5) is 4.46. The van der Waals surface area contributed by atoms with E-state index in [4.69, 9.17) is 5.73 Å². The SMILES string of the molecule is C=CCO/N=C\N. The molecule has 2 N–H and O–H groups in total. The summed E-state index contributed by atoms with van der Waals surface area (Å²) >= 11 is 0. The van der Waals surface area contributed by atoms with Crippen LogP contribution in [0, 0.1) is 0 Å². The Balaban J connectivity index is 2.82. The van der Waals surface area contributed by atoms with Gasteiger partial charge in [0.15, 0.2) is 0 Å². The summed E-state index contributed by atoms with van der Waals surface area (Å²) in [5.74, 6) is 0. The van der Waals surface area contributed by atoms with Crippen LogP contribution in [0.2, 0.25) is 0 Å². The van der Waals surface area contributed by atoms with Crippen molar-refractivity contribution < 1.29 is 4.84 Å². The molecule has 0 saturated carbocycles. The summed E-state index contributed by atoms with van der Waals surface area (Å²) in [6, 6.07) is 0. The van der Waals surface area contributed by atoms with E-state index in [1.54, 1.807) is 6.08 Å². The first-order valence-corrected chi connectivity index (χ1v) is 1.88. The predicted molar refractivity (Wildman–Crippen MR) is 28.8 cm³/mol. The van der Waals surface area contributed by atoms with E-state index in [9.17, 15) is 0 Å². The highest BCUT2D eigenvalue weighted by atomic mass is 16.6. The molecule has 0 bridgehead atoms. The average Bonchev–Trinajstić information content (AvgIpc) is 1.69. The van der Waals surface area contributed by atoms with Crippen LogP contribution in [0.1, 0.15) is 0 Å². The number of nitrogens with zero attached hydrogens (tertiary/aromatic N) is 1. The lowest BCUT2D eigenvalue weighted by molar-refractivity contribution is 0.176. The Labute approximate surface area is 42.4 Å². The summed E-state index contributed by atoms with van der Waals surface area (Å²) in [6.45, 7) is 3.80. The van der Waals surface area contributed by atoms with Gasteiger partial charge in [-0.25, -0.2) is 0 Å². The van der Waals surface area contributed by atoms with Gasteiger partial charge in [0.1, 0.15) is 12.9 Å². The van der Waals surface area contributed by atoms with Crippen molar-refractivity contribution in [2.75, 3.05) is 6.61 Å². The van der Waals surface area contributed by atoms with Gasteiger partial charge < -0.3 is 10.6 Å². The summed E-state index contributed by atoms with van der Waals surface area (Å²) in [6.07, 6.45) is 2.68. The van der Waals surface area contributed by atoms with Gasteiger partial charge in [0.2, 0.25) is 0 Å². The molecule has 0 aromatic carbocycles. The molecule has 0 aliphatic carbocycles. The molecular formula is C4H8N2O. The first-order chi connectivity index (χ1) is 3.41. The van der Waals surface area contributed by atoms with E-state index in [2.05, 4.69) is 16.6 Å². The fourth-order valence-electron chi connectivity index (χ4n) is 0.139. The van der Waals surface area contributed by atoms with Gasteiger partial charge in [-0.3, -0.25) is 0 Å². The molecule has 0 radical (unpaired) electrons. The zero-order valence-corrected chi connectivity index (χ0v) is 4.00. The molecule has 0 heterocycles. The minimum absolute atomic E-state index is 0.410. The predicted octanol–water partition coefficient (Wildman–Crippen LogP) is 0.0910. The van der Waals surface area contributed by atoms with E-state index in [0.717, 1.165) is 6.34 Å². The van der Waals surface area contributed by atoms with Crippen LogP contribution in [-0.2, 0) is 4.84 Å². The van der Waals surface area contributed by atoms with Crippen LogP contribution in [0.15, 0.2) is 17.8 Å². The van der Waals surface area contributed by atoms with E-state index < -0.39 is 0 Å². The molecule has 0 atom stereocenters. The molecule has 3 nitrogen and oxygen atoms in total. The van der Waals surface area contributed by atoms with Gasteiger partial charge in [0, 0.05) is 0 Å². The Morgan fingerprint density at radius 3 is 3.00 bits per heavy atom. The van der Waals surface area contributed by atoms with Crippen LogP contribution >= 0.6 is 0 Å². The van der Waals surface area contributed by atoms with Crippen molar-refractivity contribution in [2.45, 2.75) is 0 Å². The molecule has 0 aliphatic heterocycles. The highest BCUT2D eigenvalue weighted by molar-refractivity contribution is 5.49. The van der Waals surface area contributed by atoms with E-state index >= 15 is 0 Å². The second kappa shape index (κ2) is 5.01. The summed E-state index contributed by atoms with van der Waals surface area (Å²) in [7, 11) is 0. The second-order valence-corrected chi connectivity index (χ2v) is 0.839.